The van der Waals surface area contributed by atoms with Gasteiger partial charge in [0.25, 0.3) is 5.91 Å². The van der Waals surface area contributed by atoms with Crippen LogP contribution >= 0.6 is 0 Å². The van der Waals surface area contributed by atoms with E-state index >= 15 is 0 Å². The lowest BCUT2D eigenvalue weighted by atomic mass is 10.0. The van der Waals surface area contributed by atoms with Crippen molar-refractivity contribution in [3.8, 4) is 11.3 Å². The first-order chi connectivity index (χ1) is 19.1. The minimum Gasteiger partial charge on any atom is -0.462 e. The first-order valence-corrected chi connectivity index (χ1v) is 14.9. The molecule has 0 saturated carbocycles. The number of nitrogens with zero attached hydrogens (tertiary/aromatic N) is 3. The van der Waals surface area contributed by atoms with Crippen molar-refractivity contribution in [1.29, 1.82) is 0 Å². The topological polar surface area (TPSA) is 120 Å². The fraction of sp³-hybridized carbons (Fsp3) is 0.310. The molecule has 11 heteroatoms. The number of carbonyl (C=O) groups is 2. The van der Waals surface area contributed by atoms with Crippen LogP contribution in [0.15, 0.2) is 54.6 Å². The summed E-state index contributed by atoms with van der Waals surface area (Å²) in [6, 6.07) is 13.4. The highest BCUT2D eigenvalue weighted by Crippen LogP contribution is 2.32. The van der Waals surface area contributed by atoms with Crippen LogP contribution in [0, 0.1) is 12.7 Å². The number of aryl methyl sites for hydroxylation is 1. The summed E-state index contributed by atoms with van der Waals surface area (Å²) in [5.41, 5.74) is 3.07. The number of benzene rings is 2. The van der Waals surface area contributed by atoms with Crippen molar-refractivity contribution in [2.24, 2.45) is 0 Å². The molecule has 208 valence electrons. The van der Waals surface area contributed by atoms with Crippen molar-refractivity contribution in [3.63, 3.8) is 0 Å². The van der Waals surface area contributed by atoms with E-state index in [4.69, 9.17) is 9.72 Å². The molecule has 40 heavy (non-hydrogen) atoms. The number of aromatic nitrogens is 3. The summed E-state index contributed by atoms with van der Waals surface area (Å²) in [6.45, 7) is 4.11. The van der Waals surface area contributed by atoms with Gasteiger partial charge in [-0.3, -0.25) is 4.79 Å². The number of hydrogen-bond donors (Lipinski definition) is 1. The molecule has 5 rings (SSSR count). The number of halogens is 1. The van der Waals surface area contributed by atoms with Crippen molar-refractivity contribution in [1.82, 2.24) is 14.8 Å². The second kappa shape index (κ2) is 11.2. The molecule has 1 saturated heterocycles. The van der Waals surface area contributed by atoms with Gasteiger partial charge in [0.2, 0.25) is 0 Å². The summed E-state index contributed by atoms with van der Waals surface area (Å²) in [7, 11) is -3.20. The molecule has 1 N–H and O–H groups in total. The fourth-order valence-corrected chi connectivity index (χ4v) is 6.46. The lowest BCUT2D eigenvalue weighted by Crippen LogP contribution is -2.15. The Bertz CT molecular complexity index is 1680. The van der Waals surface area contributed by atoms with Crippen molar-refractivity contribution in [2.45, 2.75) is 39.2 Å². The minimum absolute atomic E-state index is 0.0551. The van der Waals surface area contributed by atoms with Crippen LogP contribution < -0.4 is 5.32 Å². The maximum Gasteiger partial charge on any atom is 0.338 e. The molecule has 0 aliphatic carbocycles. The van der Waals surface area contributed by atoms with E-state index < -0.39 is 33.6 Å². The molecule has 1 amide bonds. The number of pyridine rings is 1. The normalized spacial score (nSPS) is 16.2. The maximum atomic E-state index is 13.6. The molecule has 1 atom stereocenters. The predicted octanol–water partition coefficient (Wildman–Crippen LogP) is 5.11. The Morgan fingerprint density at radius 1 is 1.12 bits per heavy atom. The molecular formula is C29H29FN4O5S. The van der Waals surface area contributed by atoms with E-state index in [1.54, 1.807) is 54.1 Å². The molecule has 9 nitrogen and oxygen atoms in total. The van der Waals surface area contributed by atoms with Crippen LogP contribution in [-0.2, 0) is 14.6 Å². The average Bonchev–Trinajstić information content (AvgIpc) is 3.47. The van der Waals surface area contributed by atoms with Gasteiger partial charge in [-0.05, 0) is 74.4 Å². The standard InChI is InChI=1S/C29H29FN4O5S/c1-3-4-14-39-29(36)20-7-11-22(12-8-20)31-28(35)24-16-25(19-5-9-21(30)10-6-19)32-27-26(24)18(2)33-34(27)23-13-15-40(37,38)17-23/h5-12,16,23H,3-4,13-15,17H2,1-2H3,(H,31,35). The zero-order valence-electron chi connectivity index (χ0n) is 22.2. The maximum absolute atomic E-state index is 13.6. The SMILES string of the molecule is CCCCOC(=O)c1ccc(NC(=O)c2cc(-c3ccc(F)cc3)nc3c2c(C)nn3C2CCS(=O)(=O)C2)cc1. The van der Waals surface area contributed by atoms with Crippen LogP contribution in [0.5, 0.6) is 0 Å². The van der Waals surface area contributed by atoms with Gasteiger partial charge in [-0.2, -0.15) is 5.10 Å². The third kappa shape index (κ3) is 5.74. The fourth-order valence-electron chi connectivity index (χ4n) is 4.76. The highest BCUT2D eigenvalue weighted by Gasteiger charge is 2.32. The zero-order valence-corrected chi connectivity index (χ0v) is 23.0. The third-order valence-electron chi connectivity index (χ3n) is 6.89. The Balaban J connectivity index is 1.51. The Hall–Kier alpha value is -4.12. The van der Waals surface area contributed by atoms with Gasteiger partial charge < -0.3 is 10.1 Å². The lowest BCUT2D eigenvalue weighted by molar-refractivity contribution is 0.0499. The smallest absolute Gasteiger partial charge is 0.338 e. The first-order valence-electron chi connectivity index (χ1n) is 13.1. The van der Waals surface area contributed by atoms with Crippen LogP contribution in [0.4, 0.5) is 10.1 Å². The number of unbranched alkanes of at least 4 members (excludes halogenated alkanes) is 1. The van der Waals surface area contributed by atoms with E-state index in [2.05, 4.69) is 10.4 Å². The number of sulfone groups is 1. The van der Waals surface area contributed by atoms with Gasteiger partial charge in [0.05, 0.1) is 52.1 Å². The van der Waals surface area contributed by atoms with Gasteiger partial charge in [-0.1, -0.05) is 13.3 Å². The molecule has 0 spiro atoms. The number of nitrogens with one attached hydrogen (secondary N) is 1. The molecule has 1 unspecified atom stereocenters. The van der Waals surface area contributed by atoms with E-state index in [-0.39, 0.29) is 17.1 Å². The molecule has 1 aliphatic rings. The lowest BCUT2D eigenvalue weighted by Gasteiger charge is -2.13. The second-order valence-corrected chi connectivity index (χ2v) is 12.1. The van der Waals surface area contributed by atoms with Gasteiger partial charge in [-0.15, -0.1) is 0 Å². The second-order valence-electron chi connectivity index (χ2n) is 9.87. The highest BCUT2D eigenvalue weighted by atomic mass is 32.2. The van der Waals surface area contributed by atoms with Crippen molar-refractivity contribution >= 4 is 38.4 Å². The molecule has 2 aromatic heterocycles. The summed E-state index contributed by atoms with van der Waals surface area (Å²) in [6.07, 6.45) is 2.10. The summed E-state index contributed by atoms with van der Waals surface area (Å²) in [4.78, 5) is 30.6. The number of rotatable bonds is 8. The number of amides is 1. The monoisotopic (exact) mass is 564 g/mol. The largest absolute Gasteiger partial charge is 0.462 e. The number of ether oxygens (including phenoxy) is 1. The van der Waals surface area contributed by atoms with Crippen LogP contribution in [0.25, 0.3) is 22.3 Å². The number of fused-ring (bicyclic) bond motifs is 1. The molecule has 0 bridgehead atoms. The first kappa shape index (κ1) is 27.4. The molecule has 1 fully saturated rings. The number of carbonyl (C=O) groups excluding carboxylic acids is 2. The Labute approximate surface area is 231 Å². The Kier molecular flexibility index (Phi) is 7.66. The zero-order chi connectivity index (χ0) is 28.4. The quantitative estimate of drug-likeness (QED) is 0.233. The molecule has 0 radical (unpaired) electrons. The minimum atomic E-state index is -3.20. The van der Waals surface area contributed by atoms with Gasteiger partial charge in [0.15, 0.2) is 15.5 Å². The van der Waals surface area contributed by atoms with Crippen LogP contribution in [0.2, 0.25) is 0 Å². The van der Waals surface area contributed by atoms with E-state index in [9.17, 15) is 22.4 Å². The van der Waals surface area contributed by atoms with Crippen molar-refractivity contribution in [3.05, 3.63) is 77.2 Å². The number of esters is 1. The summed E-state index contributed by atoms with van der Waals surface area (Å²) >= 11 is 0. The Morgan fingerprint density at radius 3 is 2.50 bits per heavy atom. The van der Waals surface area contributed by atoms with Gasteiger partial charge in [0, 0.05) is 11.3 Å². The van der Waals surface area contributed by atoms with E-state index in [0.29, 0.717) is 52.3 Å². The molecule has 1 aliphatic heterocycles. The number of anilines is 1. The summed E-state index contributed by atoms with van der Waals surface area (Å²) in [5.74, 6) is -1.26. The summed E-state index contributed by atoms with van der Waals surface area (Å²) in [5, 5.41) is 7.96. The van der Waals surface area contributed by atoms with Crippen LogP contribution in [0.3, 0.4) is 0 Å². The van der Waals surface area contributed by atoms with Gasteiger partial charge in [-0.25, -0.2) is 27.3 Å². The van der Waals surface area contributed by atoms with E-state index in [1.807, 2.05) is 6.92 Å². The molecule has 4 aromatic rings. The molecular weight excluding hydrogens is 535 g/mol. The third-order valence-corrected chi connectivity index (χ3v) is 8.64. The Morgan fingerprint density at radius 2 is 1.85 bits per heavy atom. The summed E-state index contributed by atoms with van der Waals surface area (Å²) < 4.78 is 44.8. The van der Waals surface area contributed by atoms with E-state index in [1.165, 1.54) is 12.1 Å². The molecule has 2 aromatic carbocycles. The van der Waals surface area contributed by atoms with Crippen molar-refractivity contribution in [2.75, 3.05) is 23.4 Å². The highest BCUT2D eigenvalue weighted by molar-refractivity contribution is 7.91. The van der Waals surface area contributed by atoms with Crippen LogP contribution in [-0.4, -0.2) is 53.2 Å². The molecule has 3 heterocycles. The van der Waals surface area contributed by atoms with E-state index in [0.717, 1.165) is 12.8 Å². The number of hydrogen-bond acceptors (Lipinski definition) is 7. The average molecular weight is 565 g/mol. The van der Waals surface area contributed by atoms with Gasteiger partial charge >= 0.3 is 5.97 Å². The predicted molar refractivity (Wildman–Crippen MR) is 150 cm³/mol. The van der Waals surface area contributed by atoms with Gasteiger partial charge in [0.1, 0.15) is 5.82 Å². The van der Waals surface area contributed by atoms with Crippen LogP contribution in [0.1, 0.15) is 58.6 Å². The van der Waals surface area contributed by atoms with Crippen molar-refractivity contribution < 1.29 is 27.1 Å².